The van der Waals surface area contributed by atoms with Gasteiger partial charge in [-0.05, 0) is 30.6 Å². The van der Waals surface area contributed by atoms with Gasteiger partial charge < -0.3 is 4.74 Å². The highest BCUT2D eigenvalue weighted by Crippen LogP contribution is 2.57. The van der Waals surface area contributed by atoms with Crippen molar-refractivity contribution in [3.05, 3.63) is 0 Å². The zero-order valence-electron chi connectivity index (χ0n) is 7.53. The molecule has 0 radical (unpaired) electrons. The van der Waals surface area contributed by atoms with Gasteiger partial charge in [0.15, 0.2) is 0 Å². The lowest BCUT2D eigenvalue weighted by atomic mass is 9.76. The Balaban J connectivity index is 2.00. The highest BCUT2D eigenvalue weighted by molar-refractivity contribution is 5.97. The number of carbonyl (C=O) groups is 2. The Bertz CT molecular complexity index is 297. The minimum absolute atomic E-state index is 0.0753. The molecule has 0 amide bonds. The van der Waals surface area contributed by atoms with Crippen LogP contribution in [0, 0.1) is 29.6 Å². The molecule has 0 N–H and O–H groups in total. The molecule has 0 aromatic heterocycles. The summed E-state index contributed by atoms with van der Waals surface area (Å²) in [5.41, 5.74) is 0. The van der Waals surface area contributed by atoms with Gasteiger partial charge in [-0.25, -0.2) is 0 Å². The quantitative estimate of drug-likeness (QED) is 0.412. The second kappa shape index (κ2) is 2.14. The van der Waals surface area contributed by atoms with Crippen LogP contribution in [0.4, 0.5) is 0 Å². The molecule has 5 atom stereocenters. The summed E-state index contributed by atoms with van der Waals surface area (Å²) in [5, 5.41) is 0. The van der Waals surface area contributed by atoms with Gasteiger partial charge in [-0.15, -0.1) is 0 Å². The van der Waals surface area contributed by atoms with Crippen molar-refractivity contribution in [3.8, 4) is 0 Å². The molecule has 3 aliphatic rings. The topological polar surface area (TPSA) is 43.4 Å². The van der Waals surface area contributed by atoms with Gasteiger partial charge in [-0.1, -0.05) is 6.92 Å². The van der Waals surface area contributed by atoms with Crippen molar-refractivity contribution in [2.45, 2.75) is 19.8 Å². The average molecular weight is 180 g/mol. The van der Waals surface area contributed by atoms with E-state index in [2.05, 4.69) is 11.7 Å². The maximum atomic E-state index is 11.4. The highest BCUT2D eigenvalue weighted by atomic mass is 16.6. The van der Waals surface area contributed by atoms with Crippen LogP contribution in [0.1, 0.15) is 19.8 Å². The Labute approximate surface area is 76.4 Å². The molecule has 1 heterocycles. The molecule has 2 bridgehead atoms. The van der Waals surface area contributed by atoms with Gasteiger partial charge in [0.25, 0.3) is 0 Å². The number of carbonyl (C=O) groups excluding carboxylic acids is 2. The minimum atomic E-state index is -0.256. The fourth-order valence-electron chi connectivity index (χ4n) is 3.58. The van der Waals surface area contributed by atoms with Gasteiger partial charge in [0.1, 0.15) is 0 Å². The predicted molar refractivity (Wildman–Crippen MR) is 43.5 cm³/mol. The van der Waals surface area contributed by atoms with Gasteiger partial charge in [0.05, 0.1) is 11.8 Å². The van der Waals surface area contributed by atoms with E-state index in [1.807, 2.05) is 0 Å². The van der Waals surface area contributed by atoms with Crippen molar-refractivity contribution < 1.29 is 14.3 Å². The molecule has 5 unspecified atom stereocenters. The van der Waals surface area contributed by atoms with E-state index in [0.717, 1.165) is 12.8 Å². The molecule has 70 valence electrons. The van der Waals surface area contributed by atoms with E-state index in [9.17, 15) is 9.59 Å². The van der Waals surface area contributed by atoms with Crippen LogP contribution in [-0.2, 0) is 14.3 Å². The summed E-state index contributed by atoms with van der Waals surface area (Å²) in [4.78, 5) is 22.7. The fraction of sp³-hybridized carbons (Fsp3) is 0.800. The third kappa shape index (κ3) is 0.754. The number of fused-ring (bicyclic) bond motifs is 5. The van der Waals surface area contributed by atoms with Gasteiger partial charge in [0.2, 0.25) is 0 Å². The van der Waals surface area contributed by atoms with Crippen molar-refractivity contribution in [2.24, 2.45) is 29.6 Å². The number of ether oxygens (including phenoxy) is 1. The summed E-state index contributed by atoms with van der Waals surface area (Å²) in [6, 6.07) is 0. The van der Waals surface area contributed by atoms with Gasteiger partial charge in [-0.3, -0.25) is 9.59 Å². The standard InChI is InChI=1S/C10H12O3/c1-4-2-5-3-6(4)8-7(5)9(11)13-10(8)12/h4-8H,2-3H2,1H3. The van der Waals surface area contributed by atoms with E-state index in [4.69, 9.17) is 0 Å². The third-order valence-electron chi connectivity index (χ3n) is 4.08. The van der Waals surface area contributed by atoms with Crippen molar-refractivity contribution in [2.75, 3.05) is 0 Å². The second-order valence-electron chi connectivity index (χ2n) is 4.66. The maximum absolute atomic E-state index is 11.4. The number of hydrogen-bond donors (Lipinski definition) is 0. The Morgan fingerprint density at radius 1 is 1.15 bits per heavy atom. The van der Waals surface area contributed by atoms with Crippen LogP contribution in [0.25, 0.3) is 0 Å². The molecule has 2 saturated carbocycles. The normalized spacial score (nSPS) is 52.5. The maximum Gasteiger partial charge on any atom is 0.317 e. The molecule has 0 spiro atoms. The van der Waals surface area contributed by atoms with Gasteiger partial charge >= 0.3 is 11.9 Å². The van der Waals surface area contributed by atoms with Gasteiger partial charge in [0, 0.05) is 0 Å². The predicted octanol–water partition coefficient (Wildman–Crippen LogP) is 0.978. The molecule has 3 rings (SSSR count). The summed E-state index contributed by atoms with van der Waals surface area (Å²) in [7, 11) is 0. The van der Waals surface area contributed by atoms with Crippen molar-refractivity contribution in [3.63, 3.8) is 0 Å². The first-order chi connectivity index (χ1) is 6.18. The van der Waals surface area contributed by atoms with Gasteiger partial charge in [-0.2, -0.15) is 0 Å². The summed E-state index contributed by atoms with van der Waals surface area (Å²) in [6.07, 6.45) is 2.17. The SMILES string of the molecule is CC1CC2CC1C1C(=O)OC(=O)C21. The Morgan fingerprint density at radius 3 is 2.62 bits per heavy atom. The molecule has 0 aromatic carbocycles. The molecule has 3 nitrogen and oxygen atoms in total. The molecule has 2 aliphatic carbocycles. The Hall–Kier alpha value is -0.860. The van der Waals surface area contributed by atoms with Crippen LogP contribution >= 0.6 is 0 Å². The minimum Gasteiger partial charge on any atom is -0.393 e. The molecule has 3 fully saturated rings. The lowest BCUT2D eigenvalue weighted by Crippen LogP contribution is -2.28. The number of esters is 2. The fourth-order valence-corrected chi connectivity index (χ4v) is 3.58. The summed E-state index contributed by atoms with van der Waals surface area (Å²) < 4.78 is 4.68. The number of hydrogen-bond acceptors (Lipinski definition) is 3. The molecule has 0 aromatic rings. The molecule has 1 saturated heterocycles. The van der Waals surface area contributed by atoms with Crippen LogP contribution in [0.2, 0.25) is 0 Å². The lowest BCUT2D eigenvalue weighted by Gasteiger charge is -2.24. The first kappa shape index (κ1) is 7.54. The Morgan fingerprint density at radius 2 is 1.85 bits per heavy atom. The summed E-state index contributed by atoms with van der Waals surface area (Å²) in [6.45, 7) is 2.18. The summed E-state index contributed by atoms with van der Waals surface area (Å²) in [5.74, 6) is 0.793. The number of rotatable bonds is 0. The second-order valence-corrected chi connectivity index (χ2v) is 4.66. The van der Waals surface area contributed by atoms with Crippen molar-refractivity contribution in [1.82, 2.24) is 0 Å². The number of cyclic esters (lactones) is 2. The van der Waals surface area contributed by atoms with E-state index in [1.54, 1.807) is 0 Å². The van der Waals surface area contributed by atoms with Crippen LogP contribution in [0.3, 0.4) is 0 Å². The first-order valence-electron chi connectivity index (χ1n) is 4.94. The smallest absolute Gasteiger partial charge is 0.317 e. The summed E-state index contributed by atoms with van der Waals surface area (Å²) >= 11 is 0. The zero-order chi connectivity index (χ0) is 9.16. The van der Waals surface area contributed by atoms with Crippen molar-refractivity contribution in [1.29, 1.82) is 0 Å². The average Bonchev–Trinajstić information content (AvgIpc) is 2.64. The highest BCUT2D eigenvalue weighted by Gasteiger charge is 2.61. The zero-order valence-corrected chi connectivity index (χ0v) is 7.53. The van der Waals surface area contributed by atoms with Crippen LogP contribution in [0.5, 0.6) is 0 Å². The van der Waals surface area contributed by atoms with E-state index < -0.39 is 0 Å². The van der Waals surface area contributed by atoms with E-state index in [1.165, 1.54) is 0 Å². The monoisotopic (exact) mass is 180 g/mol. The largest absolute Gasteiger partial charge is 0.393 e. The molecular weight excluding hydrogens is 168 g/mol. The third-order valence-corrected chi connectivity index (χ3v) is 4.08. The van der Waals surface area contributed by atoms with E-state index >= 15 is 0 Å². The molecule has 3 heteroatoms. The van der Waals surface area contributed by atoms with Crippen LogP contribution < -0.4 is 0 Å². The lowest BCUT2D eigenvalue weighted by molar-refractivity contribution is -0.154. The van der Waals surface area contributed by atoms with E-state index in [-0.39, 0.29) is 23.8 Å². The molecule has 1 aliphatic heterocycles. The van der Waals surface area contributed by atoms with Crippen LogP contribution in [0.15, 0.2) is 0 Å². The molecular formula is C10H12O3. The van der Waals surface area contributed by atoms with E-state index in [0.29, 0.717) is 17.8 Å². The van der Waals surface area contributed by atoms with Crippen molar-refractivity contribution >= 4 is 11.9 Å². The molecule has 13 heavy (non-hydrogen) atoms. The first-order valence-corrected chi connectivity index (χ1v) is 4.94. The van der Waals surface area contributed by atoms with Crippen LogP contribution in [-0.4, -0.2) is 11.9 Å². The Kier molecular flexibility index (Phi) is 1.24.